The van der Waals surface area contributed by atoms with Crippen molar-refractivity contribution in [2.24, 2.45) is 0 Å². The molecule has 2 aliphatic rings. The molecule has 5 rings (SSSR count). The van der Waals surface area contributed by atoms with Crippen LogP contribution in [-0.4, -0.2) is 58.8 Å². The average Bonchev–Trinajstić information content (AvgIpc) is 3.35. The van der Waals surface area contributed by atoms with Crippen LogP contribution in [0.2, 0.25) is 0 Å². The number of carbonyl (C=O) groups excluding carboxylic acids is 1. The van der Waals surface area contributed by atoms with Gasteiger partial charge < -0.3 is 19.1 Å². The quantitative estimate of drug-likeness (QED) is 0.621. The number of ether oxygens (including phenoxy) is 1. The number of morpholine rings is 1. The standard InChI is InChI=1S/C23H22FN5O3/c24-19-6-3-16(4-7-19)21-26-22(32-27-21)18-2-1-9-29(15-18)23(30)17-5-8-20(25-14-17)28-10-12-31-13-11-28/h3-8,14-15H,1-2,9-13H2. The second kappa shape index (κ2) is 8.88. The molecule has 0 atom stereocenters. The van der Waals surface area contributed by atoms with Crippen molar-refractivity contribution in [1.82, 2.24) is 20.0 Å². The molecule has 1 fully saturated rings. The zero-order chi connectivity index (χ0) is 21.9. The normalized spacial score (nSPS) is 16.7. The number of amides is 1. The lowest BCUT2D eigenvalue weighted by Crippen LogP contribution is -2.36. The van der Waals surface area contributed by atoms with Crippen molar-refractivity contribution < 1.29 is 18.4 Å². The summed E-state index contributed by atoms with van der Waals surface area (Å²) < 4.78 is 23.9. The summed E-state index contributed by atoms with van der Waals surface area (Å²) in [6, 6.07) is 9.58. The first-order chi connectivity index (χ1) is 15.7. The Morgan fingerprint density at radius 2 is 1.84 bits per heavy atom. The van der Waals surface area contributed by atoms with Gasteiger partial charge in [0.15, 0.2) is 0 Å². The van der Waals surface area contributed by atoms with Crippen molar-refractivity contribution in [3.05, 3.63) is 66.1 Å². The van der Waals surface area contributed by atoms with Crippen LogP contribution in [0.1, 0.15) is 29.1 Å². The number of hydrogen-bond acceptors (Lipinski definition) is 7. The van der Waals surface area contributed by atoms with Crippen LogP contribution in [0.3, 0.4) is 0 Å². The van der Waals surface area contributed by atoms with Crippen LogP contribution in [0.25, 0.3) is 17.0 Å². The van der Waals surface area contributed by atoms with Crippen LogP contribution in [0.15, 0.2) is 53.3 Å². The number of pyridine rings is 1. The molecule has 1 aromatic carbocycles. The summed E-state index contributed by atoms with van der Waals surface area (Å²) in [5, 5.41) is 4.00. The van der Waals surface area contributed by atoms with Gasteiger partial charge in [0.05, 0.1) is 18.8 Å². The van der Waals surface area contributed by atoms with Gasteiger partial charge in [0.25, 0.3) is 11.8 Å². The van der Waals surface area contributed by atoms with E-state index in [0.29, 0.717) is 42.6 Å². The molecule has 0 radical (unpaired) electrons. The summed E-state index contributed by atoms with van der Waals surface area (Å²) in [5.74, 6) is 1.14. The van der Waals surface area contributed by atoms with E-state index < -0.39 is 0 Å². The second-order valence-electron chi connectivity index (χ2n) is 7.69. The topological polar surface area (TPSA) is 84.6 Å². The number of carbonyl (C=O) groups is 1. The first-order valence-electron chi connectivity index (χ1n) is 10.6. The summed E-state index contributed by atoms with van der Waals surface area (Å²) in [7, 11) is 0. The van der Waals surface area contributed by atoms with Gasteiger partial charge in [-0.15, -0.1) is 0 Å². The monoisotopic (exact) mass is 435 g/mol. The second-order valence-corrected chi connectivity index (χ2v) is 7.69. The van der Waals surface area contributed by atoms with E-state index in [4.69, 9.17) is 9.26 Å². The molecule has 0 saturated carbocycles. The smallest absolute Gasteiger partial charge is 0.259 e. The molecule has 0 spiro atoms. The molecule has 2 aliphatic heterocycles. The first-order valence-corrected chi connectivity index (χ1v) is 10.6. The number of rotatable bonds is 4. The van der Waals surface area contributed by atoms with E-state index in [0.717, 1.165) is 37.3 Å². The molecule has 8 nitrogen and oxygen atoms in total. The zero-order valence-corrected chi connectivity index (χ0v) is 17.4. The highest BCUT2D eigenvalue weighted by Crippen LogP contribution is 2.27. The Morgan fingerprint density at radius 1 is 1.03 bits per heavy atom. The van der Waals surface area contributed by atoms with Crippen molar-refractivity contribution in [1.29, 1.82) is 0 Å². The third-order valence-electron chi connectivity index (χ3n) is 5.55. The minimum atomic E-state index is -0.325. The molecule has 1 amide bonds. The maximum absolute atomic E-state index is 13.2. The van der Waals surface area contributed by atoms with E-state index in [-0.39, 0.29) is 11.7 Å². The van der Waals surface area contributed by atoms with Gasteiger partial charge >= 0.3 is 0 Å². The molecule has 0 aliphatic carbocycles. The highest BCUT2D eigenvalue weighted by atomic mass is 19.1. The van der Waals surface area contributed by atoms with Crippen LogP contribution >= 0.6 is 0 Å². The molecule has 3 aromatic rings. The minimum absolute atomic E-state index is 0.124. The van der Waals surface area contributed by atoms with Crippen molar-refractivity contribution in [3.8, 4) is 11.4 Å². The predicted octanol–water partition coefficient (Wildman–Crippen LogP) is 3.38. The van der Waals surface area contributed by atoms with Crippen molar-refractivity contribution in [2.45, 2.75) is 12.8 Å². The third kappa shape index (κ3) is 4.24. The van der Waals surface area contributed by atoms with Crippen LogP contribution < -0.4 is 4.90 Å². The predicted molar refractivity (Wildman–Crippen MR) is 115 cm³/mol. The van der Waals surface area contributed by atoms with E-state index in [1.807, 2.05) is 12.1 Å². The largest absolute Gasteiger partial charge is 0.378 e. The van der Waals surface area contributed by atoms with Crippen molar-refractivity contribution >= 4 is 17.3 Å². The van der Waals surface area contributed by atoms with Crippen molar-refractivity contribution in [3.63, 3.8) is 0 Å². The van der Waals surface area contributed by atoms with Gasteiger partial charge in [0, 0.05) is 43.2 Å². The summed E-state index contributed by atoms with van der Waals surface area (Å²) in [6.45, 7) is 3.56. The minimum Gasteiger partial charge on any atom is -0.378 e. The van der Waals surface area contributed by atoms with Crippen LogP contribution in [-0.2, 0) is 4.74 Å². The molecule has 0 unspecified atom stereocenters. The molecule has 164 valence electrons. The van der Waals surface area contributed by atoms with E-state index in [9.17, 15) is 9.18 Å². The van der Waals surface area contributed by atoms with Crippen LogP contribution in [0.4, 0.5) is 10.2 Å². The SMILES string of the molecule is O=C(c1ccc(N2CCOCC2)nc1)N1C=C(c2nc(-c3ccc(F)cc3)no2)CCC1. The average molecular weight is 435 g/mol. The molecule has 2 aromatic heterocycles. The molecular formula is C23H22FN5O3. The Morgan fingerprint density at radius 3 is 2.59 bits per heavy atom. The summed E-state index contributed by atoms with van der Waals surface area (Å²) >= 11 is 0. The Balaban J connectivity index is 1.31. The third-order valence-corrected chi connectivity index (χ3v) is 5.55. The molecule has 0 bridgehead atoms. The molecule has 32 heavy (non-hydrogen) atoms. The molecule has 0 N–H and O–H groups in total. The molecule has 1 saturated heterocycles. The maximum Gasteiger partial charge on any atom is 0.259 e. The van der Waals surface area contributed by atoms with Gasteiger partial charge in [0.2, 0.25) is 5.82 Å². The molecule has 9 heteroatoms. The van der Waals surface area contributed by atoms with E-state index in [1.165, 1.54) is 12.1 Å². The van der Waals surface area contributed by atoms with E-state index >= 15 is 0 Å². The zero-order valence-electron chi connectivity index (χ0n) is 17.4. The number of nitrogens with zero attached hydrogens (tertiary/aromatic N) is 5. The Kier molecular flexibility index (Phi) is 5.64. The Hall–Kier alpha value is -3.59. The van der Waals surface area contributed by atoms with Crippen LogP contribution in [0, 0.1) is 5.82 Å². The summed E-state index contributed by atoms with van der Waals surface area (Å²) in [6.07, 6.45) is 4.90. The summed E-state index contributed by atoms with van der Waals surface area (Å²) in [5.41, 5.74) is 1.98. The maximum atomic E-state index is 13.2. The highest BCUT2D eigenvalue weighted by molar-refractivity contribution is 5.95. The van der Waals surface area contributed by atoms with E-state index in [1.54, 1.807) is 29.4 Å². The van der Waals surface area contributed by atoms with Gasteiger partial charge in [-0.2, -0.15) is 4.98 Å². The fourth-order valence-electron chi connectivity index (χ4n) is 3.81. The number of benzene rings is 1. The fraction of sp³-hybridized carbons (Fsp3) is 0.304. The number of halogens is 1. The van der Waals surface area contributed by atoms with Crippen LogP contribution in [0.5, 0.6) is 0 Å². The lowest BCUT2D eigenvalue weighted by Gasteiger charge is -2.28. The number of hydrogen-bond donors (Lipinski definition) is 0. The molecule has 4 heterocycles. The van der Waals surface area contributed by atoms with E-state index in [2.05, 4.69) is 20.0 Å². The Labute approximate surface area is 184 Å². The molecular weight excluding hydrogens is 413 g/mol. The number of anilines is 1. The van der Waals surface area contributed by atoms with Gasteiger partial charge in [-0.25, -0.2) is 9.37 Å². The van der Waals surface area contributed by atoms with Gasteiger partial charge in [-0.1, -0.05) is 5.16 Å². The number of allylic oxidation sites excluding steroid dienone is 1. The number of aromatic nitrogens is 3. The van der Waals surface area contributed by atoms with Gasteiger partial charge in [0.1, 0.15) is 11.6 Å². The van der Waals surface area contributed by atoms with Crippen molar-refractivity contribution in [2.75, 3.05) is 37.7 Å². The fourth-order valence-corrected chi connectivity index (χ4v) is 3.81. The lowest BCUT2D eigenvalue weighted by molar-refractivity contribution is 0.0816. The first kappa shape index (κ1) is 20.3. The Bertz CT molecular complexity index is 1120. The summed E-state index contributed by atoms with van der Waals surface area (Å²) in [4.78, 5) is 25.7. The van der Waals surface area contributed by atoms with Gasteiger partial charge in [-0.3, -0.25) is 4.79 Å². The highest BCUT2D eigenvalue weighted by Gasteiger charge is 2.23. The lowest BCUT2D eigenvalue weighted by atomic mass is 10.1. The van der Waals surface area contributed by atoms with Gasteiger partial charge in [-0.05, 0) is 49.2 Å².